The molecule has 0 amide bonds. The van der Waals surface area contributed by atoms with E-state index in [1.165, 1.54) is 5.56 Å². The Morgan fingerprint density at radius 1 is 0.852 bits per heavy atom. The summed E-state index contributed by atoms with van der Waals surface area (Å²) in [6.45, 7) is 2.16. The molecule has 0 spiro atoms. The van der Waals surface area contributed by atoms with Crippen LogP contribution in [0.2, 0.25) is 0 Å². The Hall–Kier alpha value is -3.20. The SMILES string of the molecule is CCC(Cc1ccccc1)(c1ccc2ccccc2n1)c1cccc(=O)[nH]1. The van der Waals surface area contributed by atoms with Gasteiger partial charge in [-0.05, 0) is 36.6 Å². The van der Waals surface area contributed by atoms with Crippen molar-refractivity contribution >= 4 is 10.9 Å². The molecule has 0 aliphatic heterocycles. The van der Waals surface area contributed by atoms with Crippen LogP contribution in [0.4, 0.5) is 0 Å². The highest BCUT2D eigenvalue weighted by molar-refractivity contribution is 5.78. The highest BCUT2D eigenvalue weighted by Crippen LogP contribution is 2.37. The topological polar surface area (TPSA) is 45.8 Å². The average Bonchev–Trinajstić information content (AvgIpc) is 2.72. The smallest absolute Gasteiger partial charge is 0.248 e. The zero-order valence-electron chi connectivity index (χ0n) is 15.4. The average molecular weight is 354 g/mol. The van der Waals surface area contributed by atoms with Gasteiger partial charge in [-0.25, -0.2) is 0 Å². The first-order valence-electron chi connectivity index (χ1n) is 9.31. The van der Waals surface area contributed by atoms with Gasteiger partial charge in [0, 0.05) is 17.1 Å². The van der Waals surface area contributed by atoms with E-state index >= 15 is 0 Å². The number of fused-ring (bicyclic) bond motifs is 1. The lowest BCUT2D eigenvalue weighted by Crippen LogP contribution is -2.33. The molecule has 0 radical (unpaired) electrons. The maximum atomic E-state index is 12.1. The number of hydrogen-bond donors (Lipinski definition) is 1. The summed E-state index contributed by atoms with van der Waals surface area (Å²) in [6.07, 6.45) is 1.60. The Labute approximate surface area is 158 Å². The van der Waals surface area contributed by atoms with Gasteiger partial charge in [0.15, 0.2) is 0 Å². The van der Waals surface area contributed by atoms with Gasteiger partial charge in [-0.1, -0.05) is 67.6 Å². The molecule has 3 nitrogen and oxygen atoms in total. The summed E-state index contributed by atoms with van der Waals surface area (Å²) in [6, 6.07) is 28.1. The van der Waals surface area contributed by atoms with E-state index in [4.69, 9.17) is 4.98 Å². The maximum Gasteiger partial charge on any atom is 0.248 e. The number of pyridine rings is 2. The summed E-state index contributed by atoms with van der Waals surface area (Å²) >= 11 is 0. The highest BCUT2D eigenvalue weighted by Gasteiger charge is 2.35. The van der Waals surface area contributed by atoms with E-state index < -0.39 is 5.41 Å². The van der Waals surface area contributed by atoms with E-state index in [0.717, 1.165) is 35.1 Å². The van der Waals surface area contributed by atoms with Crippen LogP contribution in [0.5, 0.6) is 0 Å². The normalized spacial score (nSPS) is 13.4. The fourth-order valence-electron chi connectivity index (χ4n) is 3.82. The molecule has 4 aromatic rings. The number of hydrogen-bond acceptors (Lipinski definition) is 2. The number of nitrogens with zero attached hydrogens (tertiary/aromatic N) is 1. The van der Waals surface area contributed by atoms with Crippen molar-refractivity contribution in [3.05, 3.63) is 112 Å². The molecular formula is C24H22N2O. The van der Waals surface area contributed by atoms with Crippen molar-refractivity contribution < 1.29 is 0 Å². The molecule has 0 aliphatic rings. The lowest BCUT2D eigenvalue weighted by atomic mass is 9.73. The molecule has 0 saturated heterocycles. The Bertz CT molecular complexity index is 1120. The molecule has 2 aromatic heterocycles. The zero-order chi connectivity index (χ0) is 18.7. The summed E-state index contributed by atoms with van der Waals surface area (Å²) in [7, 11) is 0. The van der Waals surface area contributed by atoms with Gasteiger partial charge in [-0.3, -0.25) is 9.78 Å². The number of rotatable bonds is 5. The summed E-state index contributed by atoms with van der Waals surface area (Å²) < 4.78 is 0. The van der Waals surface area contributed by atoms with Crippen LogP contribution in [-0.2, 0) is 11.8 Å². The molecule has 2 heterocycles. The molecule has 3 heteroatoms. The van der Waals surface area contributed by atoms with E-state index in [2.05, 4.69) is 54.4 Å². The van der Waals surface area contributed by atoms with Gasteiger partial charge in [0.1, 0.15) is 0 Å². The number of aromatic nitrogens is 2. The number of benzene rings is 2. The van der Waals surface area contributed by atoms with Crippen LogP contribution >= 0.6 is 0 Å². The molecule has 1 N–H and O–H groups in total. The Kier molecular flexibility index (Phi) is 4.59. The molecule has 4 rings (SSSR count). The number of para-hydroxylation sites is 1. The van der Waals surface area contributed by atoms with Gasteiger partial charge in [-0.15, -0.1) is 0 Å². The molecule has 0 aliphatic carbocycles. The molecule has 134 valence electrons. The third-order valence-electron chi connectivity index (χ3n) is 5.32. The minimum Gasteiger partial charge on any atom is -0.325 e. The Morgan fingerprint density at radius 2 is 1.63 bits per heavy atom. The summed E-state index contributed by atoms with van der Waals surface area (Å²) in [5, 5.41) is 1.12. The van der Waals surface area contributed by atoms with Crippen molar-refractivity contribution in [2.75, 3.05) is 0 Å². The predicted octanol–water partition coefficient (Wildman–Crippen LogP) is 4.86. The molecule has 1 atom stereocenters. The highest BCUT2D eigenvalue weighted by atomic mass is 16.1. The van der Waals surface area contributed by atoms with Crippen molar-refractivity contribution in [1.29, 1.82) is 0 Å². The van der Waals surface area contributed by atoms with Crippen LogP contribution in [0.3, 0.4) is 0 Å². The monoisotopic (exact) mass is 354 g/mol. The Morgan fingerprint density at radius 3 is 2.41 bits per heavy atom. The lowest BCUT2D eigenvalue weighted by Gasteiger charge is -2.33. The van der Waals surface area contributed by atoms with Gasteiger partial charge in [0.25, 0.3) is 0 Å². The first-order chi connectivity index (χ1) is 13.2. The zero-order valence-corrected chi connectivity index (χ0v) is 15.4. The molecule has 27 heavy (non-hydrogen) atoms. The molecule has 2 aromatic carbocycles. The molecule has 0 fully saturated rings. The fourth-order valence-corrected chi connectivity index (χ4v) is 3.82. The summed E-state index contributed by atoms with van der Waals surface area (Å²) in [5.74, 6) is 0. The summed E-state index contributed by atoms with van der Waals surface area (Å²) in [4.78, 5) is 20.1. The third kappa shape index (κ3) is 3.28. The van der Waals surface area contributed by atoms with Crippen LogP contribution in [0, 0.1) is 0 Å². The van der Waals surface area contributed by atoms with Crippen LogP contribution in [0.15, 0.2) is 89.7 Å². The van der Waals surface area contributed by atoms with Gasteiger partial charge >= 0.3 is 0 Å². The second kappa shape index (κ2) is 7.20. The number of H-pyrrole nitrogens is 1. The quantitative estimate of drug-likeness (QED) is 0.556. The number of nitrogens with one attached hydrogen (secondary N) is 1. The van der Waals surface area contributed by atoms with E-state index in [0.29, 0.717) is 0 Å². The van der Waals surface area contributed by atoms with Crippen LogP contribution in [0.25, 0.3) is 10.9 Å². The minimum atomic E-state index is -0.397. The van der Waals surface area contributed by atoms with Crippen molar-refractivity contribution in [3.63, 3.8) is 0 Å². The van der Waals surface area contributed by atoms with Crippen LogP contribution in [-0.4, -0.2) is 9.97 Å². The maximum absolute atomic E-state index is 12.1. The largest absolute Gasteiger partial charge is 0.325 e. The van der Waals surface area contributed by atoms with Gasteiger partial charge in [-0.2, -0.15) is 0 Å². The van der Waals surface area contributed by atoms with Crippen molar-refractivity contribution in [2.24, 2.45) is 0 Å². The molecule has 0 bridgehead atoms. The third-order valence-corrected chi connectivity index (χ3v) is 5.32. The molecule has 0 saturated carbocycles. The van der Waals surface area contributed by atoms with E-state index in [1.807, 2.05) is 36.4 Å². The second-order valence-electron chi connectivity index (χ2n) is 6.92. The van der Waals surface area contributed by atoms with Gasteiger partial charge in [0.05, 0.1) is 16.6 Å². The lowest BCUT2D eigenvalue weighted by molar-refractivity contribution is 0.464. The van der Waals surface area contributed by atoms with E-state index in [-0.39, 0.29) is 5.56 Å². The second-order valence-corrected chi connectivity index (χ2v) is 6.92. The first-order valence-corrected chi connectivity index (χ1v) is 9.31. The first kappa shape index (κ1) is 17.2. The molecule has 1 unspecified atom stereocenters. The van der Waals surface area contributed by atoms with Gasteiger partial charge in [0.2, 0.25) is 5.56 Å². The predicted molar refractivity (Wildman–Crippen MR) is 110 cm³/mol. The number of aromatic amines is 1. The molecular weight excluding hydrogens is 332 g/mol. The summed E-state index contributed by atoms with van der Waals surface area (Å²) in [5.41, 5.74) is 3.60. The van der Waals surface area contributed by atoms with Crippen LogP contribution in [0.1, 0.15) is 30.3 Å². The fraction of sp³-hybridized carbons (Fsp3) is 0.167. The van der Waals surface area contributed by atoms with Crippen LogP contribution < -0.4 is 5.56 Å². The minimum absolute atomic E-state index is 0.0841. The van der Waals surface area contributed by atoms with Gasteiger partial charge < -0.3 is 4.98 Å². The van der Waals surface area contributed by atoms with E-state index in [1.54, 1.807) is 6.07 Å². The van der Waals surface area contributed by atoms with Crippen molar-refractivity contribution in [3.8, 4) is 0 Å². The standard InChI is InChI=1S/C24H22N2O/c1-2-24(17-18-9-4-3-5-10-18,21-13-8-14-23(27)26-21)22-16-15-19-11-6-7-12-20(19)25-22/h3-16H,2,17H2,1H3,(H,26,27). The Balaban J connectivity index is 1.94. The van der Waals surface area contributed by atoms with Crippen molar-refractivity contribution in [1.82, 2.24) is 9.97 Å². The van der Waals surface area contributed by atoms with Crippen molar-refractivity contribution in [2.45, 2.75) is 25.2 Å². The van der Waals surface area contributed by atoms with E-state index in [9.17, 15) is 4.79 Å².